The van der Waals surface area contributed by atoms with Crippen LogP contribution >= 0.6 is 0 Å². The molecule has 0 unspecified atom stereocenters. The Balaban J connectivity index is 0.000000178. The van der Waals surface area contributed by atoms with Crippen molar-refractivity contribution in [1.29, 1.82) is 0 Å². The zero-order valence-electron chi connectivity index (χ0n) is 21.0. The maximum atomic E-state index is 14.2. The van der Waals surface area contributed by atoms with Crippen molar-refractivity contribution in [3.8, 4) is 5.69 Å². The predicted molar refractivity (Wildman–Crippen MR) is 136 cm³/mol. The molecule has 37 heavy (non-hydrogen) atoms. The summed E-state index contributed by atoms with van der Waals surface area (Å²) < 4.78 is 28.7. The van der Waals surface area contributed by atoms with Gasteiger partial charge in [0, 0.05) is 32.3 Å². The molecule has 2 N–H and O–H groups in total. The molecule has 2 aliphatic carbocycles. The molecule has 3 aromatic rings. The number of anilines is 1. The van der Waals surface area contributed by atoms with Gasteiger partial charge in [0.1, 0.15) is 17.8 Å². The lowest BCUT2D eigenvalue weighted by Crippen LogP contribution is -2.10. The molecule has 2 fully saturated rings. The monoisotopic (exact) mass is 533 g/mol. The fraction of sp³-hybridized carbons (Fsp3) is 0.435. The number of benzene rings is 2. The average Bonchev–Trinajstić information content (AvgIpc) is 3.73. The van der Waals surface area contributed by atoms with Crippen LogP contribution < -0.4 is 5.73 Å². The van der Waals surface area contributed by atoms with Crippen LogP contribution in [0.3, 0.4) is 0 Å². The van der Waals surface area contributed by atoms with Gasteiger partial charge in [-0.05, 0) is 59.1 Å². The first-order valence-corrected chi connectivity index (χ1v) is 15.7. The van der Waals surface area contributed by atoms with Gasteiger partial charge in [0.05, 0.1) is 15.5 Å². The Bertz CT molecular complexity index is 1290. The maximum absolute atomic E-state index is 14.2. The van der Waals surface area contributed by atoms with Crippen molar-refractivity contribution in [3.05, 3.63) is 73.6 Å². The Labute approximate surface area is 213 Å². The topological polar surface area (TPSA) is 156 Å². The zero-order chi connectivity index (χ0) is 27.5. The summed E-state index contributed by atoms with van der Waals surface area (Å²) in [4.78, 5) is 20.2. The van der Waals surface area contributed by atoms with Gasteiger partial charge in [-0.25, -0.2) is 8.78 Å². The minimum absolute atomic E-state index is 0.0103. The highest BCUT2D eigenvalue weighted by Gasteiger charge is 2.31. The minimum Gasteiger partial charge on any atom is -0.396 e. The summed E-state index contributed by atoms with van der Waals surface area (Å²) in [5.41, 5.74) is 5.69. The lowest BCUT2D eigenvalue weighted by Gasteiger charge is -2.06. The summed E-state index contributed by atoms with van der Waals surface area (Å²) in [6.07, 6.45) is 4.69. The van der Waals surface area contributed by atoms with Gasteiger partial charge in [-0.3, -0.25) is 20.2 Å². The highest BCUT2D eigenvalue weighted by atomic mass is 28.3. The van der Waals surface area contributed by atoms with Gasteiger partial charge in [0.25, 0.3) is 11.4 Å². The van der Waals surface area contributed by atoms with E-state index in [1.54, 1.807) is 0 Å². The third-order valence-electron chi connectivity index (χ3n) is 5.23. The van der Waals surface area contributed by atoms with Gasteiger partial charge in [-0.15, -0.1) is 5.10 Å². The van der Waals surface area contributed by atoms with E-state index >= 15 is 0 Å². The van der Waals surface area contributed by atoms with E-state index in [4.69, 9.17) is 5.73 Å². The van der Waals surface area contributed by atoms with Crippen molar-refractivity contribution >= 4 is 25.1 Å². The second-order valence-corrected chi connectivity index (χ2v) is 16.6. The normalized spacial score (nSPS) is 14.6. The van der Waals surface area contributed by atoms with E-state index in [1.807, 2.05) is 0 Å². The molecular weight excluding hydrogens is 504 g/mol. The second kappa shape index (κ2) is 11.1. The van der Waals surface area contributed by atoms with Crippen LogP contribution in [0, 0.1) is 31.9 Å². The van der Waals surface area contributed by atoms with E-state index in [1.165, 1.54) is 18.5 Å². The number of halogens is 2. The van der Waals surface area contributed by atoms with Crippen LogP contribution in [-0.2, 0) is 0 Å². The highest BCUT2D eigenvalue weighted by molar-refractivity contribution is 6.74. The number of nitrogen functional groups attached to an aromatic ring is 1. The number of hydrogen-bond donors (Lipinski definition) is 1. The first-order valence-electron chi connectivity index (χ1n) is 11.7. The van der Waals surface area contributed by atoms with Crippen molar-refractivity contribution in [2.24, 2.45) is 0 Å². The number of nitro groups is 2. The quantitative estimate of drug-likeness (QED) is 0.188. The molecule has 2 aliphatic rings. The third-order valence-corrected chi connectivity index (χ3v) is 5.23. The number of hydrogen-bond acceptors (Lipinski definition) is 8. The molecule has 0 radical (unpaired) electrons. The summed E-state index contributed by atoms with van der Waals surface area (Å²) >= 11 is 0. The fourth-order valence-electron chi connectivity index (χ4n) is 3.30. The highest BCUT2D eigenvalue weighted by Crippen LogP contribution is 2.44. The van der Waals surface area contributed by atoms with Crippen LogP contribution in [-0.4, -0.2) is 38.1 Å². The predicted octanol–water partition coefficient (Wildman–Crippen LogP) is 5.73. The second-order valence-electron chi connectivity index (χ2n) is 10.6. The standard InChI is InChI=1S/C10H8FN5O2.C9H9FN2O2.C4H12Si/c11-10-8(6-1-2-6)3-7(16(17)18)4-9(10)15-5-12-13-14-15;10-9-7(5-1-2-5)3-6(12(13)14)4-8(9)11;1-5(2,3)4/h3-6H,1-2H2;3-5H,1-2,11H2;1-4H3. The number of aromatic nitrogens is 4. The average molecular weight is 534 g/mol. The largest absolute Gasteiger partial charge is 0.396 e. The van der Waals surface area contributed by atoms with Gasteiger partial charge < -0.3 is 5.73 Å². The van der Waals surface area contributed by atoms with Crippen molar-refractivity contribution < 1.29 is 18.6 Å². The van der Waals surface area contributed by atoms with Crippen LogP contribution in [0.25, 0.3) is 5.69 Å². The van der Waals surface area contributed by atoms with Crippen LogP contribution in [0.5, 0.6) is 0 Å². The number of nitrogens with two attached hydrogens (primary N) is 1. The molecule has 198 valence electrons. The van der Waals surface area contributed by atoms with E-state index in [-0.39, 0.29) is 34.6 Å². The van der Waals surface area contributed by atoms with Crippen molar-refractivity contribution in [2.45, 2.75) is 63.7 Å². The van der Waals surface area contributed by atoms with Crippen LogP contribution in [0.15, 0.2) is 30.6 Å². The summed E-state index contributed by atoms with van der Waals surface area (Å²) in [5.74, 6) is -0.800. The smallest absolute Gasteiger partial charge is 0.272 e. The van der Waals surface area contributed by atoms with E-state index in [2.05, 4.69) is 41.7 Å². The minimum atomic E-state index is -0.611. The summed E-state index contributed by atoms with van der Waals surface area (Å²) in [7, 11) is -0.611. The number of nitro benzene ring substituents is 2. The number of rotatable bonds is 5. The number of nitrogens with zero attached hydrogens (tertiary/aromatic N) is 6. The first-order chi connectivity index (χ1) is 17.3. The van der Waals surface area contributed by atoms with Crippen LogP contribution in [0.1, 0.15) is 48.6 Å². The first kappa shape index (κ1) is 27.8. The maximum Gasteiger partial charge on any atom is 0.272 e. The molecule has 0 spiro atoms. The summed E-state index contributed by atoms with van der Waals surface area (Å²) in [5, 5.41) is 31.7. The Morgan fingerprint density at radius 3 is 1.76 bits per heavy atom. The number of non-ortho nitro benzene ring substituents is 2. The molecule has 0 amide bonds. The molecule has 0 bridgehead atoms. The molecule has 2 aromatic carbocycles. The van der Waals surface area contributed by atoms with Gasteiger partial charge in [0.15, 0.2) is 5.82 Å². The molecule has 1 heterocycles. The van der Waals surface area contributed by atoms with Crippen molar-refractivity contribution in [2.75, 3.05) is 5.73 Å². The van der Waals surface area contributed by atoms with Crippen LogP contribution in [0.4, 0.5) is 25.8 Å². The molecule has 2 saturated carbocycles. The van der Waals surface area contributed by atoms with E-state index in [0.29, 0.717) is 11.1 Å². The van der Waals surface area contributed by atoms with Gasteiger partial charge in [-0.2, -0.15) is 4.68 Å². The Morgan fingerprint density at radius 2 is 1.35 bits per heavy atom. The van der Waals surface area contributed by atoms with E-state index in [0.717, 1.165) is 42.5 Å². The molecular formula is C23H29F2N7O4Si. The van der Waals surface area contributed by atoms with Gasteiger partial charge in [0.2, 0.25) is 0 Å². The summed E-state index contributed by atoms with van der Waals surface area (Å²) in [6.45, 7) is 9.31. The van der Waals surface area contributed by atoms with Crippen LogP contribution in [0.2, 0.25) is 26.2 Å². The Morgan fingerprint density at radius 1 is 0.892 bits per heavy atom. The molecule has 5 rings (SSSR count). The third kappa shape index (κ3) is 7.83. The fourth-order valence-corrected chi connectivity index (χ4v) is 3.30. The molecule has 0 aliphatic heterocycles. The lowest BCUT2D eigenvalue weighted by atomic mass is 10.1. The SMILES string of the molecule is C[Si](C)(C)C.Nc1cc([N+](=O)[O-])cc(C2CC2)c1F.O=[N+]([O-])c1cc(C2CC2)c(F)c(-n2cnnn2)c1. The van der Waals surface area contributed by atoms with E-state index < -0.39 is 29.6 Å². The zero-order valence-corrected chi connectivity index (χ0v) is 22.0. The van der Waals surface area contributed by atoms with E-state index in [9.17, 15) is 29.0 Å². The van der Waals surface area contributed by atoms with Crippen molar-refractivity contribution in [3.63, 3.8) is 0 Å². The van der Waals surface area contributed by atoms with Crippen molar-refractivity contribution in [1.82, 2.24) is 20.2 Å². The molecule has 1 aromatic heterocycles. The number of tetrazole rings is 1. The molecule has 0 atom stereocenters. The van der Waals surface area contributed by atoms with Gasteiger partial charge in [-0.1, -0.05) is 26.2 Å². The van der Waals surface area contributed by atoms with Gasteiger partial charge >= 0.3 is 0 Å². The Kier molecular flexibility index (Phi) is 8.31. The molecule has 11 nitrogen and oxygen atoms in total. The Hall–Kier alpha value is -3.81. The summed E-state index contributed by atoms with van der Waals surface area (Å²) in [6, 6.07) is 4.77. The lowest BCUT2D eigenvalue weighted by molar-refractivity contribution is -0.385. The molecule has 0 saturated heterocycles. The molecule has 14 heteroatoms.